The molecule has 0 radical (unpaired) electrons. The van der Waals surface area contributed by atoms with E-state index in [0.717, 1.165) is 18.2 Å². The molecule has 0 saturated heterocycles. The second-order valence-corrected chi connectivity index (χ2v) is 5.82. The van der Waals surface area contributed by atoms with Crippen molar-refractivity contribution in [3.63, 3.8) is 0 Å². The molecule has 1 aromatic rings. The molecule has 1 aromatic carbocycles. The maximum absolute atomic E-state index is 9.02. The van der Waals surface area contributed by atoms with E-state index in [1.807, 2.05) is 0 Å². The van der Waals surface area contributed by atoms with Gasteiger partial charge in [0.1, 0.15) is 12.4 Å². The van der Waals surface area contributed by atoms with E-state index in [-0.39, 0.29) is 0 Å². The number of benzene rings is 1. The van der Waals surface area contributed by atoms with Gasteiger partial charge in [-0.15, -0.1) is 0 Å². The van der Waals surface area contributed by atoms with Crippen molar-refractivity contribution < 1.29 is 14.8 Å². The predicted molar refractivity (Wildman–Crippen MR) is 81.2 cm³/mol. The number of rotatable bonds is 8. The molecule has 4 nitrogen and oxygen atoms in total. The highest BCUT2D eigenvalue weighted by atomic mass is 16.5. The van der Waals surface area contributed by atoms with Crippen LogP contribution in [0.5, 0.6) is 5.75 Å². The Labute approximate surface area is 121 Å². The molecular weight excluding hydrogens is 253 g/mol. The molecule has 0 amide bonds. The van der Waals surface area contributed by atoms with E-state index in [1.165, 1.54) is 19.4 Å². The third kappa shape index (κ3) is 4.82. The van der Waals surface area contributed by atoms with Crippen LogP contribution in [0.2, 0.25) is 0 Å². The lowest BCUT2D eigenvalue weighted by atomic mass is 9.80. The summed E-state index contributed by atoms with van der Waals surface area (Å²) in [7, 11) is -1.42. The highest BCUT2D eigenvalue weighted by molar-refractivity contribution is 6.58. The van der Waals surface area contributed by atoms with Gasteiger partial charge in [0.15, 0.2) is 0 Å². The molecule has 20 heavy (non-hydrogen) atoms. The predicted octanol–water partition coefficient (Wildman–Crippen LogP) is 0.866. The molecular formula is C15H24BNO3. The monoisotopic (exact) mass is 277 g/mol. The Hall–Kier alpha value is -1.04. The topological polar surface area (TPSA) is 52.9 Å². The van der Waals surface area contributed by atoms with Gasteiger partial charge in [0.05, 0.1) is 0 Å². The SMILES string of the molecule is CC(C)N(CCOc1ccc(B(O)O)cc1)CC1CC1. The van der Waals surface area contributed by atoms with E-state index in [2.05, 4.69) is 18.7 Å². The molecule has 0 aromatic heterocycles. The van der Waals surface area contributed by atoms with E-state index in [1.54, 1.807) is 24.3 Å². The third-order valence-electron chi connectivity index (χ3n) is 3.75. The molecule has 2 rings (SSSR count). The minimum Gasteiger partial charge on any atom is -0.492 e. The third-order valence-corrected chi connectivity index (χ3v) is 3.75. The second-order valence-electron chi connectivity index (χ2n) is 5.82. The maximum Gasteiger partial charge on any atom is 0.488 e. The van der Waals surface area contributed by atoms with E-state index in [4.69, 9.17) is 14.8 Å². The first-order chi connectivity index (χ1) is 9.56. The van der Waals surface area contributed by atoms with Crippen molar-refractivity contribution >= 4 is 12.6 Å². The van der Waals surface area contributed by atoms with E-state index >= 15 is 0 Å². The Balaban J connectivity index is 1.75. The molecule has 2 N–H and O–H groups in total. The second kappa shape index (κ2) is 7.11. The standard InChI is InChI=1S/C15H24BNO3/c1-12(2)17(11-13-3-4-13)9-10-20-15-7-5-14(6-8-15)16(18)19/h5-8,12-13,18-19H,3-4,9-11H2,1-2H3. The summed E-state index contributed by atoms with van der Waals surface area (Å²) >= 11 is 0. The lowest BCUT2D eigenvalue weighted by molar-refractivity contribution is 0.170. The summed E-state index contributed by atoms with van der Waals surface area (Å²) in [5.41, 5.74) is 0.481. The molecule has 0 spiro atoms. The van der Waals surface area contributed by atoms with Gasteiger partial charge in [-0.2, -0.15) is 0 Å². The van der Waals surface area contributed by atoms with Crippen molar-refractivity contribution in [3.8, 4) is 5.75 Å². The zero-order valence-electron chi connectivity index (χ0n) is 12.3. The minimum absolute atomic E-state index is 0.481. The van der Waals surface area contributed by atoms with Crippen LogP contribution in [0.25, 0.3) is 0 Å². The molecule has 0 atom stereocenters. The fourth-order valence-electron chi connectivity index (χ4n) is 2.21. The Bertz CT molecular complexity index is 404. The van der Waals surface area contributed by atoms with Crippen molar-refractivity contribution in [2.45, 2.75) is 32.7 Å². The molecule has 0 unspecified atom stereocenters. The highest BCUT2D eigenvalue weighted by Crippen LogP contribution is 2.30. The quantitative estimate of drug-likeness (QED) is 0.692. The van der Waals surface area contributed by atoms with Crippen LogP contribution in [0, 0.1) is 5.92 Å². The van der Waals surface area contributed by atoms with Gasteiger partial charge in [-0.05, 0) is 50.2 Å². The normalized spacial score (nSPS) is 14.9. The van der Waals surface area contributed by atoms with Gasteiger partial charge >= 0.3 is 7.12 Å². The lowest BCUT2D eigenvalue weighted by Gasteiger charge is -2.26. The molecule has 110 valence electrons. The Morgan fingerprint density at radius 2 is 1.90 bits per heavy atom. The largest absolute Gasteiger partial charge is 0.492 e. The molecule has 1 aliphatic carbocycles. The van der Waals surface area contributed by atoms with Crippen molar-refractivity contribution in [2.75, 3.05) is 19.7 Å². The Morgan fingerprint density at radius 1 is 1.25 bits per heavy atom. The number of hydrogen-bond acceptors (Lipinski definition) is 4. The van der Waals surface area contributed by atoms with Crippen LogP contribution in [0.15, 0.2) is 24.3 Å². The smallest absolute Gasteiger partial charge is 0.488 e. The van der Waals surface area contributed by atoms with Crippen molar-refractivity contribution in [1.29, 1.82) is 0 Å². The van der Waals surface area contributed by atoms with Crippen LogP contribution in [0.3, 0.4) is 0 Å². The average Bonchev–Trinajstić information content (AvgIpc) is 3.22. The number of nitrogens with zero attached hydrogens (tertiary/aromatic N) is 1. The van der Waals surface area contributed by atoms with Crippen LogP contribution >= 0.6 is 0 Å². The first kappa shape index (κ1) is 15.4. The van der Waals surface area contributed by atoms with E-state index in [9.17, 15) is 0 Å². The molecule has 1 fully saturated rings. The molecule has 1 aliphatic rings. The zero-order valence-corrected chi connectivity index (χ0v) is 12.3. The summed E-state index contributed by atoms with van der Waals surface area (Å²) in [6.07, 6.45) is 2.74. The van der Waals surface area contributed by atoms with Crippen LogP contribution < -0.4 is 10.2 Å². The van der Waals surface area contributed by atoms with Crippen LogP contribution in [-0.2, 0) is 0 Å². The van der Waals surface area contributed by atoms with Gasteiger partial charge in [0, 0.05) is 19.1 Å². The Morgan fingerprint density at radius 3 is 2.40 bits per heavy atom. The van der Waals surface area contributed by atoms with Gasteiger partial charge in [0.25, 0.3) is 0 Å². The Kier molecular flexibility index (Phi) is 5.46. The maximum atomic E-state index is 9.02. The highest BCUT2D eigenvalue weighted by Gasteiger charge is 2.25. The summed E-state index contributed by atoms with van der Waals surface area (Å²) in [4.78, 5) is 2.46. The summed E-state index contributed by atoms with van der Waals surface area (Å²) in [5.74, 6) is 1.66. The van der Waals surface area contributed by atoms with Gasteiger partial charge < -0.3 is 14.8 Å². The number of ether oxygens (including phenoxy) is 1. The van der Waals surface area contributed by atoms with Crippen LogP contribution in [0.4, 0.5) is 0 Å². The summed E-state index contributed by atoms with van der Waals surface area (Å²) in [6.45, 7) is 7.21. The minimum atomic E-state index is -1.42. The van der Waals surface area contributed by atoms with Crippen LogP contribution in [0.1, 0.15) is 26.7 Å². The van der Waals surface area contributed by atoms with E-state index < -0.39 is 7.12 Å². The summed E-state index contributed by atoms with van der Waals surface area (Å²) < 4.78 is 5.72. The molecule has 0 aliphatic heterocycles. The molecule has 1 saturated carbocycles. The summed E-state index contributed by atoms with van der Waals surface area (Å²) in [6, 6.07) is 7.44. The van der Waals surface area contributed by atoms with Crippen molar-refractivity contribution in [2.24, 2.45) is 5.92 Å². The lowest BCUT2D eigenvalue weighted by Crippen LogP contribution is -2.36. The van der Waals surface area contributed by atoms with E-state index in [0.29, 0.717) is 18.1 Å². The fraction of sp³-hybridized carbons (Fsp3) is 0.600. The zero-order chi connectivity index (χ0) is 14.5. The molecule has 5 heteroatoms. The van der Waals surface area contributed by atoms with Gasteiger partial charge in [-0.25, -0.2) is 0 Å². The van der Waals surface area contributed by atoms with Crippen molar-refractivity contribution in [3.05, 3.63) is 24.3 Å². The summed E-state index contributed by atoms with van der Waals surface area (Å²) in [5, 5.41) is 18.0. The average molecular weight is 277 g/mol. The van der Waals surface area contributed by atoms with Crippen molar-refractivity contribution in [1.82, 2.24) is 4.90 Å². The molecule has 0 bridgehead atoms. The van der Waals surface area contributed by atoms with Gasteiger partial charge in [-0.1, -0.05) is 12.1 Å². The number of hydrogen-bond donors (Lipinski definition) is 2. The first-order valence-electron chi connectivity index (χ1n) is 7.39. The van der Waals surface area contributed by atoms with Gasteiger partial charge in [0.2, 0.25) is 0 Å². The first-order valence-corrected chi connectivity index (χ1v) is 7.39. The van der Waals surface area contributed by atoms with Gasteiger partial charge in [-0.3, -0.25) is 4.90 Å². The fourth-order valence-corrected chi connectivity index (χ4v) is 2.21. The molecule has 0 heterocycles. The van der Waals surface area contributed by atoms with Crippen LogP contribution in [-0.4, -0.2) is 47.8 Å².